The Kier molecular flexibility index (Phi) is 3.35. The van der Waals surface area contributed by atoms with E-state index in [0.29, 0.717) is 20.2 Å². The fourth-order valence-corrected chi connectivity index (χ4v) is 7.93. The summed E-state index contributed by atoms with van der Waals surface area (Å²) in [6, 6.07) is 0. The van der Waals surface area contributed by atoms with Crippen LogP contribution in [0.15, 0.2) is 4.63 Å². The van der Waals surface area contributed by atoms with Crippen LogP contribution in [0.3, 0.4) is 0 Å². The van der Waals surface area contributed by atoms with Gasteiger partial charge < -0.3 is 0 Å². The molecule has 0 N–H and O–H groups in total. The molecule has 2 aromatic rings. The van der Waals surface area contributed by atoms with Gasteiger partial charge in [0.15, 0.2) is 0 Å². The minimum atomic E-state index is -4.37. The molecule has 0 bridgehead atoms. The molecule has 0 saturated carbocycles. The molecule has 1 aromatic carbocycles. The molecule has 0 fully saturated rings. The van der Waals surface area contributed by atoms with Gasteiger partial charge in [-0.2, -0.15) is 0 Å². The Morgan fingerprint density at radius 2 is 1.47 bits per heavy atom. The number of aromatic nitrogens is 2. The van der Waals surface area contributed by atoms with Gasteiger partial charge in [0.25, 0.3) is 0 Å². The average molecular weight is 379 g/mol. The van der Waals surface area contributed by atoms with E-state index in [9.17, 15) is 13.2 Å². The molecule has 0 unspecified atom stereocenters. The number of hydrogen-bond acceptors (Lipinski definition) is 3. The molecule has 0 aliphatic rings. The van der Waals surface area contributed by atoms with Gasteiger partial charge in [-0.25, -0.2) is 0 Å². The van der Waals surface area contributed by atoms with Crippen molar-refractivity contribution in [1.82, 2.24) is 10.3 Å². The van der Waals surface area contributed by atoms with Gasteiger partial charge in [-0.15, -0.1) is 0 Å². The van der Waals surface area contributed by atoms with Crippen LogP contribution in [0.25, 0.3) is 11.0 Å². The first-order chi connectivity index (χ1) is 8.55. The number of alkyl halides is 3. The van der Waals surface area contributed by atoms with E-state index in [1.54, 1.807) is 6.92 Å². The van der Waals surface area contributed by atoms with Crippen LogP contribution in [0.4, 0.5) is 13.2 Å². The molecule has 0 radical (unpaired) electrons. The van der Waals surface area contributed by atoms with Crippen molar-refractivity contribution < 1.29 is 17.8 Å². The number of fused-ring (bicyclic) bond motifs is 1. The number of benzene rings is 1. The summed E-state index contributed by atoms with van der Waals surface area (Å²) in [6.45, 7) is 3.12. The Morgan fingerprint density at radius 3 is 1.95 bits per heavy atom. The normalized spacial score (nSPS) is 13.3. The summed E-state index contributed by atoms with van der Waals surface area (Å²) < 4.78 is 45.2. The summed E-state index contributed by atoms with van der Waals surface area (Å²) in [5.41, 5.74) is 0.933. The molecule has 0 atom stereocenters. The van der Waals surface area contributed by atoms with Crippen LogP contribution >= 0.6 is 0 Å². The maximum absolute atomic E-state index is 13.4. The third-order valence-electron chi connectivity index (χ3n) is 3.30. The van der Waals surface area contributed by atoms with Crippen LogP contribution in [-0.4, -0.2) is 28.7 Å². The van der Waals surface area contributed by atoms with Crippen molar-refractivity contribution >= 4 is 33.0 Å². The maximum atomic E-state index is 13.4. The van der Waals surface area contributed by atoms with Crippen LogP contribution < -0.4 is 3.58 Å². The van der Waals surface area contributed by atoms with Crippen molar-refractivity contribution in [3.8, 4) is 0 Å². The Hall–Kier alpha value is -0.791. The van der Waals surface area contributed by atoms with Gasteiger partial charge in [0, 0.05) is 0 Å². The van der Waals surface area contributed by atoms with Crippen molar-refractivity contribution in [2.24, 2.45) is 0 Å². The summed E-state index contributed by atoms with van der Waals surface area (Å²) in [5.74, 6) is 0. The molecule has 19 heavy (non-hydrogen) atoms. The molecule has 3 nitrogen and oxygen atoms in total. The van der Waals surface area contributed by atoms with Crippen LogP contribution in [0, 0.1) is 13.8 Å². The van der Waals surface area contributed by atoms with Crippen LogP contribution in [0.2, 0.25) is 14.8 Å². The van der Waals surface area contributed by atoms with Crippen LogP contribution in [0.5, 0.6) is 0 Å². The van der Waals surface area contributed by atoms with Gasteiger partial charge in [-0.1, -0.05) is 0 Å². The van der Waals surface area contributed by atoms with E-state index in [-0.39, 0.29) is 5.56 Å². The summed E-state index contributed by atoms with van der Waals surface area (Å²) >= 11 is -3.04. The predicted octanol–water partition coefficient (Wildman–Crippen LogP) is 3.40. The number of aryl methyl sites for hydroxylation is 1. The monoisotopic (exact) mass is 380 g/mol. The van der Waals surface area contributed by atoms with Gasteiger partial charge in [0.1, 0.15) is 0 Å². The first-order valence-corrected chi connectivity index (χ1v) is 15.9. The Balaban J connectivity index is 3.04. The SMILES string of the molecule is Cc1c(C(F)(F)F)[c]([Sn]([CH3])([CH3])[CH3])c2nonc2c1C. The number of hydrogen-bond donors (Lipinski definition) is 0. The van der Waals surface area contributed by atoms with Crippen molar-refractivity contribution in [2.45, 2.75) is 34.8 Å². The summed E-state index contributed by atoms with van der Waals surface area (Å²) in [5, 5.41) is 7.48. The molecular weight excluding hydrogens is 364 g/mol. The predicted molar refractivity (Wildman–Crippen MR) is 69.3 cm³/mol. The quantitative estimate of drug-likeness (QED) is 0.714. The van der Waals surface area contributed by atoms with Crippen molar-refractivity contribution in [2.75, 3.05) is 0 Å². The zero-order valence-corrected chi connectivity index (χ0v) is 14.3. The first kappa shape index (κ1) is 14.6. The van der Waals surface area contributed by atoms with Gasteiger partial charge in [0.05, 0.1) is 0 Å². The fraction of sp³-hybridized carbons (Fsp3) is 0.500. The number of nitrogens with zero attached hydrogens (tertiary/aromatic N) is 2. The van der Waals surface area contributed by atoms with E-state index in [1.807, 2.05) is 14.8 Å². The Bertz CT molecular complexity index is 641. The Labute approximate surface area is 113 Å². The number of rotatable bonds is 1. The molecular formula is C12H15F3N2OSn. The third kappa shape index (κ3) is 2.34. The number of halogens is 3. The fourth-order valence-electron chi connectivity index (χ4n) is 2.35. The zero-order valence-electron chi connectivity index (χ0n) is 11.4. The van der Waals surface area contributed by atoms with Gasteiger partial charge in [-0.3, -0.25) is 0 Å². The summed E-state index contributed by atoms with van der Waals surface area (Å²) in [4.78, 5) is 5.80. The van der Waals surface area contributed by atoms with Gasteiger partial charge in [0.2, 0.25) is 0 Å². The van der Waals surface area contributed by atoms with Crippen molar-refractivity contribution in [3.63, 3.8) is 0 Å². The second kappa shape index (κ2) is 4.36. The topological polar surface area (TPSA) is 38.9 Å². The zero-order chi connectivity index (χ0) is 14.6. The van der Waals surface area contributed by atoms with Crippen molar-refractivity contribution in [1.29, 1.82) is 0 Å². The van der Waals surface area contributed by atoms with Gasteiger partial charge in [-0.05, 0) is 0 Å². The molecule has 1 heterocycles. The molecule has 7 heteroatoms. The second-order valence-corrected chi connectivity index (χ2v) is 20.0. The molecule has 0 saturated heterocycles. The van der Waals surface area contributed by atoms with Gasteiger partial charge >= 0.3 is 113 Å². The van der Waals surface area contributed by atoms with E-state index in [2.05, 4.69) is 14.9 Å². The molecule has 104 valence electrons. The Morgan fingerprint density at radius 1 is 0.947 bits per heavy atom. The molecule has 2 rings (SSSR count). The molecule has 0 spiro atoms. The first-order valence-electron chi connectivity index (χ1n) is 5.88. The van der Waals surface area contributed by atoms with Crippen LogP contribution in [0.1, 0.15) is 16.7 Å². The van der Waals surface area contributed by atoms with E-state index in [4.69, 9.17) is 0 Å². The summed E-state index contributed by atoms with van der Waals surface area (Å²) in [6.07, 6.45) is -4.37. The molecule has 0 aliphatic carbocycles. The van der Waals surface area contributed by atoms with Crippen molar-refractivity contribution in [3.05, 3.63) is 16.7 Å². The second-order valence-electron chi connectivity index (χ2n) is 5.71. The molecule has 1 aromatic heterocycles. The van der Waals surface area contributed by atoms with E-state index >= 15 is 0 Å². The molecule has 0 aliphatic heterocycles. The minimum absolute atomic E-state index is 0.234. The van der Waals surface area contributed by atoms with E-state index in [1.165, 1.54) is 6.92 Å². The summed E-state index contributed by atoms with van der Waals surface area (Å²) in [7, 11) is 0. The third-order valence-corrected chi connectivity index (χ3v) is 8.97. The van der Waals surface area contributed by atoms with E-state index in [0.717, 1.165) is 0 Å². The average Bonchev–Trinajstić information content (AvgIpc) is 2.67. The standard InChI is InChI=1S/C9H6F3N2O.3CH3.Sn/c1-4-5(2)8-7(13-15-14-8)3-6(4)9(10,11)12;;;;/h1-2H3;3*1H3;. The van der Waals surface area contributed by atoms with E-state index < -0.39 is 30.1 Å². The van der Waals surface area contributed by atoms with Crippen LogP contribution in [-0.2, 0) is 6.18 Å². The molecule has 0 amide bonds.